The number of carbonyl (C=O) groups is 2. The third-order valence-corrected chi connectivity index (χ3v) is 10.7. The quantitative estimate of drug-likeness (QED) is 0.0637. The van der Waals surface area contributed by atoms with Gasteiger partial charge in [-0.3, -0.25) is 24.7 Å². The van der Waals surface area contributed by atoms with Gasteiger partial charge in [0.2, 0.25) is 0 Å². The molecule has 0 aliphatic rings. The first-order valence-electron chi connectivity index (χ1n) is 21.6. The molecule has 2 N–H and O–H groups in total. The Bertz CT molecular complexity index is 3380. The summed E-state index contributed by atoms with van der Waals surface area (Å²) in [6.07, 6.45) is 13.9. The van der Waals surface area contributed by atoms with Crippen LogP contribution in [0.1, 0.15) is 27.3 Å². The largest absolute Gasteiger partial charge is 0.466 e. The standard InChI is InChI=1S/C29H23N5O2.C26H19N5O/c1-36-26(35)14-13-20-16-22(18-30-17-20)28-33-25-12-7-11-24(21-8-3-2-4-9-21)27(25)29(34-28)32-19-23-10-5-6-15-31-23;32-17-18-13-20(15-27-14-18)25-30-23-11-6-10-22(19-7-2-1-3-8-19)24(23)26(31-25)29-16-21-9-4-5-12-28-21/h2-18H,19H2,1H3,(H,32,33,34);1-15,17H,16H2,(H,29,30,31)/b14-13+;. The van der Waals surface area contributed by atoms with Crippen molar-refractivity contribution in [2.45, 2.75) is 13.1 Å². The van der Waals surface area contributed by atoms with Crippen LogP contribution >= 0.6 is 0 Å². The van der Waals surface area contributed by atoms with E-state index in [0.29, 0.717) is 47.5 Å². The lowest BCUT2D eigenvalue weighted by atomic mass is 10.0. The van der Waals surface area contributed by atoms with Crippen LogP contribution in [0, 0.1) is 0 Å². The summed E-state index contributed by atoms with van der Waals surface area (Å²) < 4.78 is 4.68. The number of anilines is 2. The van der Waals surface area contributed by atoms with Gasteiger partial charge >= 0.3 is 5.97 Å². The Morgan fingerprint density at radius 3 is 1.49 bits per heavy atom. The monoisotopic (exact) mass is 890 g/mol. The fraction of sp³-hybridized carbons (Fsp3) is 0.0545. The maximum absolute atomic E-state index is 11.5. The molecule has 0 spiro atoms. The summed E-state index contributed by atoms with van der Waals surface area (Å²) in [5, 5.41) is 8.78. The summed E-state index contributed by atoms with van der Waals surface area (Å²) in [7, 11) is 1.34. The topological polar surface area (TPSA) is 171 Å². The van der Waals surface area contributed by atoms with Gasteiger partial charge in [-0.15, -0.1) is 0 Å². The number of carbonyl (C=O) groups excluding carboxylic acids is 2. The van der Waals surface area contributed by atoms with Crippen LogP contribution in [-0.2, 0) is 22.6 Å². The molecule has 0 unspecified atom stereocenters. The molecule has 13 nitrogen and oxygen atoms in total. The Balaban J connectivity index is 0.000000171. The van der Waals surface area contributed by atoms with Crippen molar-refractivity contribution in [2.75, 3.05) is 17.7 Å². The van der Waals surface area contributed by atoms with Gasteiger partial charge in [0.25, 0.3) is 0 Å². The number of nitrogens with zero attached hydrogens (tertiary/aromatic N) is 8. The van der Waals surface area contributed by atoms with Gasteiger partial charge in [0.15, 0.2) is 17.9 Å². The van der Waals surface area contributed by atoms with Gasteiger partial charge in [-0.2, -0.15) is 0 Å². The molecule has 0 bridgehead atoms. The predicted octanol–water partition coefficient (Wildman–Crippen LogP) is 10.7. The number of ether oxygens (including phenoxy) is 1. The number of hydrogen-bond donors (Lipinski definition) is 2. The van der Waals surface area contributed by atoms with Crippen LogP contribution in [0.5, 0.6) is 0 Å². The summed E-state index contributed by atoms with van der Waals surface area (Å²) in [5.41, 5.74) is 10.3. The molecule has 68 heavy (non-hydrogen) atoms. The fourth-order valence-corrected chi connectivity index (χ4v) is 7.50. The van der Waals surface area contributed by atoms with E-state index in [-0.39, 0.29) is 0 Å². The number of methoxy groups -OCH3 is 1. The highest BCUT2D eigenvalue weighted by atomic mass is 16.5. The lowest BCUT2D eigenvalue weighted by Crippen LogP contribution is -2.06. The number of aldehydes is 1. The molecule has 0 radical (unpaired) electrons. The van der Waals surface area contributed by atoms with Gasteiger partial charge in [-0.05, 0) is 82.4 Å². The number of esters is 1. The first-order valence-corrected chi connectivity index (χ1v) is 21.6. The third-order valence-electron chi connectivity index (χ3n) is 10.7. The van der Waals surface area contributed by atoms with E-state index in [2.05, 4.69) is 71.7 Å². The molecular formula is C55H42N10O3. The number of pyridine rings is 4. The Labute approximate surface area is 391 Å². The molecule has 13 heteroatoms. The highest BCUT2D eigenvalue weighted by Crippen LogP contribution is 2.36. The minimum Gasteiger partial charge on any atom is -0.466 e. The second kappa shape index (κ2) is 21.1. The van der Waals surface area contributed by atoms with E-state index >= 15 is 0 Å². The zero-order valence-electron chi connectivity index (χ0n) is 36.8. The number of hydrogen-bond acceptors (Lipinski definition) is 13. The van der Waals surface area contributed by atoms with E-state index in [1.54, 1.807) is 43.1 Å². The minimum absolute atomic E-state index is 0.434. The van der Waals surface area contributed by atoms with Crippen molar-refractivity contribution in [2.24, 2.45) is 0 Å². The van der Waals surface area contributed by atoms with Crippen molar-refractivity contribution in [3.8, 4) is 45.0 Å². The van der Waals surface area contributed by atoms with Crippen molar-refractivity contribution in [1.29, 1.82) is 0 Å². The Kier molecular flexibility index (Phi) is 13.6. The summed E-state index contributed by atoms with van der Waals surface area (Å²) in [6, 6.07) is 47.7. The Morgan fingerprint density at radius 2 is 1.01 bits per heavy atom. The second-order valence-electron chi connectivity index (χ2n) is 15.3. The smallest absolute Gasteiger partial charge is 0.330 e. The average Bonchev–Trinajstić information content (AvgIpc) is 3.41. The van der Waals surface area contributed by atoms with E-state index < -0.39 is 5.97 Å². The van der Waals surface area contributed by atoms with Crippen molar-refractivity contribution in [3.63, 3.8) is 0 Å². The number of nitrogens with one attached hydrogen (secondary N) is 2. The zero-order chi connectivity index (χ0) is 46.5. The lowest BCUT2D eigenvalue weighted by Gasteiger charge is -2.14. The lowest BCUT2D eigenvalue weighted by molar-refractivity contribution is -0.134. The van der Waals surface area contributed by atoms with Gasteiger partial charge in [0, 0.05) is 59.9 Å². The van der Waals surface area contributed by atoms with E-state index in [9.17, 15) is 9.59 Å². The van der Waals surface area contributed by atoms with Crippen LogP contribution in [0.15, 0.2) is 189 Å². The first-order chi connectivity index (χ1) is 33.5. The molecule has 6 heterocycles. The second-order valence-corrected chi connectivity index (χ2v) is 15.3. The van der Waals surface area contributed by atoms with Gasteiger partial charge < -0.3 is 15.4 Å². The van der Waals surface area contributed by atoms with E-state index in [1.165, 1.54) is 19.4 Å². The number of fused-ring (bicyclic) bond motifs is 2. The highest BCUT2D eigenvalue weighted by molar-refractivity contribution is 6.03. The molecular weight excluding hydrogens is 849 g/mol. The van der Waals surface area contributed by atoms with Crippen LogP contribution in [-0.4, -0.2) is 59.2 Å². The summed E-state index contributed by atoms with van der Waals surface area (Å²) in [6.45, 7) is 1.03. The highest BCUT2D eigenvalue weighted by Gasteiger charge is 2.17. The fourth-order valence-electron chi connectivity index (χ4n) is 7.50. The molecule has 0 amide bonds. The zero-order valence-corrected chi connectivity index (χ0v) is 36.8. The SMILES string of the molecule is COC(=O)/C=C/c1cncc(-c2nc(NCc3ccccn3)c3c(-c4ccccc4)cccc3n2)c1.O=Cc1cncc(-c2nc(NCc3ccccn3)c3c(-c4ccccc4)cccc3n2)c1. The van der Waals surface area contributed by atoms with Gasteiger partial charge in [-0.25, -0.2) is 24.7 Å². The molecule has 0 aliphatic carbocycles. The average molecular weight is 891 g/mol. The van der Waals surface area contributed by atoms with E-state index in [4.69, 9.17) is 19.9 Å². The normalized spacial score (nSPS) is 10.9. The number of aromatic nitrogens is 8. The number of rotatable bonds is 13. The van der Waals surface area contributed by atoms with Crippen molar-refractivity contribution in [1.82, 2.24) is 39.9 Å². The maximum atomic E-state index is 11.5. The van der Waals surface area contributed by atoms with Crippen LogP contribution in [0.25, 0.3) is 72.9 Å². The Hall–Kier alpha value is -9.36. The Morgan fingerprint density at radius 1 is 0.529 bits per heavy atom. The molecule has 0 fully saturated rings. The van der Waals surface area contributed by atoms with E-state index in [1.807, 2.05) is 103 Å². The van der Waals surface area contributed by atoms with Crippen molar-refractivity contribution in [3.05, 3.63) is 211 Å². The molecule has 0 saturated heterocycles. The third kappa shape index (κ3) is 10.4. The summed E-state index contributed by atoms with van der Waals surface area (Å²) in [4.78, 5) is 59.5. The molecule has 10 rings (SSSR count). The number of benzene rings is 4. The van der Waals surface area contributed by atoms with Crippen molar-refractivity contribution < 1.29 is 14.3 Å². The predicted molar refractivity (Wildman–Crippen MR) is 266 cm³/mol. The molecule has 10 aromatic rings. The maximum Gasteiger partial charge on any atom is 0.330 e. The van der Waals surface area contributed by atoms with Crippen LogP contribution in [0.3, 0.4) is 0 Å². The van der Waals surface area contributed by atoms with Gasteiger partial charge in [0.05, 0.1) is 53.4 Å². The minimum atomic E-state index is -0.434. The van der Waals surface area contributed by atoms with Crippen molar-refractivity contribution >= 4 is 51.8 Å². The summed E-state index contributed by atoms with van der Waals surface area (Å²) in [5.74, 6) is 2.00. The molecule has 4 aromatic carbocycles. The van der Waals surface area contributed by atoms with Gasteiger partial charge in [0.1, 0.15) is 11.6 Å². The molecule has 6 aromatic heterocycles. The van der Waals surface area contributed by atoms with Gasteiger partial charge in [-0.1, -0.05) is 97.1 Å². The van der Waals surface area contributed by atoms with Crippen LogP contribution in [0.4, 0.5) is 11.6 Å². The van der Waals surface area contributed by atoms with Crippen LogP contribution < -0.4 is 10.6 Å². The van der Waals surface area contributed by atoms with E-state index in [0.717, 1.165) is 72.9 Å². The first kappa shape index (κ1) is 43.9. The summed E-state index contributed by atoms with van der Waals surface area (Å²) >= 11 is 0. The van der Waals surface area contributed by atoms with Crippen LogP contribution in [0.2, 0.25) is 0 Å². The molecule has 330 valence electrons. The molecule has 0 aliphatic heterocycles. The molecule has 0 atom stereocenters. The molecule has 0 saturated carbocycles.